The Morgan fingerprint density at radius 2 is 1.81 bits per heavy atom. The first kappa shape index (κ1) is 20.6. The van der Waals surface area contributed by atoms with Gasteiger partial charge in [0.25, 0.3) is 5.91 Å². The fourth-order valence-corrected chi connectivity index (χ4v) is 3.47. The van der Waals surface area contributed by atoms with Gasteiger partial charge in [0, 0.05) is 24.2 Å². The second-order valence-electron chi connectivity index (χ2n) is 7.21. The summed E-state index contributed by atoms with van der Waals surface area (Å²) in [6, 6.07) is 14.0. The number of nitrogens with zero attached hydrogens (tertiary/aromatic N) is 3. The molecule has 0 bridgehead atoms. The summed E-state index contributed by atoms with van der Waals surface area (Å²) in [4.78, 5) is 23.8. The van der Waals surface area contributed by atoms with Crippen LogP contribution in [0.5, 0.6) is 5.75 Å². The molecule has 0 saturated carbocycles. The molecule has 0 radical (unpaired) electrons. The zero-order chi connectivity index (χ0) is 21.6. The summed E-state index contributed by atoms with van der Waals surface area (Å²) in [5.74, 6) is 1.81. The summed E-state index contributed by atoms with van der Waals surface area (Å²) >= 11 is 0. The molecule has 2 aromatic carbocycles. The molecule has 0 spiro atoms. The molecule has 1 aliphatic heterocycles. The monoisotopic (exact) mass is 420 g/mol. The zero-order valence-corrected chi connectivity index (χ0v) is 17.3. The third kappa shape index (κ3) is 4.91. The Morgan fingerprint density at radius 1 is 1.03 bits per heavy atom. The zero-order valence-electron chi connectivity index (χ0n) is 17.3. The van der Waals surface area contributed by atoms with Crippen LogP contribution in [0.15, 0.2) is 48.5 Å². The predicted molar refractivity (Wildman–Crippen MR) is 115 cm³/mol. The van der Waals surface area contributed by atoms with Gasteiger partial charge in [-0.05, 0) is 68.3 Å². The van der Waals surface area contributed by atoms with E-state index in [2.05, 4.69) is 20.1 Å². The molecule has 2 heterocycles. The number of esters is 1. The smallest absolute Gasteiger partial charge is 0.338 e. The minimum Gasteiger partial charge on any atom is -0.484 e. The maximum Gasteiger partial charge on any atom is 0.338 e. The number of ether oxygens (including phenoxy) is 2. The van der Waals surface area contributed by atoms with Crippen LogP contribution in [0.25, 0.3) is 11.4 Å². The number of hydrogen-bond acceptors (Lipinski definition) is 6. The van der Waals surface area contributed by atoms with Gasteiger partial charge in [0.2, 0.25) is 0 Å². The molecule has 160 valence electrons. The normalized spacial score (nSPS) is 12.7. The van der Waals surface area contributed by atoms with E-state index in [9.17, 15) is 9.59 Å². The molecule has 0 atom stereocenters. The van der Waals surface area contributed by atoms with Crippen molar-refractivity contribution in [2.24, 2.45) is 0 Å². The molecule has 8 nitrogen and oxygen atoms in total. The minimum absolute atomic E-state index is 0.126. The number of aromatic nitrogens is 3. The molecule has 3 aromatic rings. The minimum atomic E-state index is -0.390. The SMILES string of the molecule is CCOC(=O)c1ccc(NC(=O)COc2ccc(-c3nnc4n3CCCC4)cc2)cc1. The molecule has 0 fully saturated rings. The van der Waals surface area contributed by atoms with E-state index in [4.69, 9.17) is 9.47 Å². The molecular weight excluding hydrogens is 396 g/mol. The lowest BCUT2D eigenvalue weighted by molar-refractivity contribution is -0.118. The lowest BCUT2D eigenvalue weighted by atomic mass is 10.1. The number of anilines is 1. The number of rotatable bonds is 7. The Bertz CT molecular complexity index is 1060. The molecule has 4 rings (SSSR count). The number of hydrogen-bond donors (Lipinski definition) is 1. The van der Waals surface area contributed by atoms with E-state index in [-0.39, 0.29) is 12.5 Å². The number of fused-ring (bicyclic) bond motifs is 1. The van der Waals surface area contributed by atoms with Crippen LogP contribution >= 0.6 is 0 Å². The number of aryl methyl sites for hydroxylation is 1. The van der Waals surface area contributed by atoms with Crippen molar-refractivity contribution in [3.8, 4) is 17.1 Å². The third-order valence-corrected chi connectivity index (χ3v) is 5.02. The van der Waals surface area contributed by atoms with Crippen LogP contribution in [0.3, 0.4) is 0 Å². The van der Waals surface area contributed by atoms with Gasteiger partial charge < -0.3 is 19.4 Å². The van der Waals surface area contributed by atoms with E-state index in [0.717, 1.165) is 43.0 Å². The summed E-state index contributed by atoms with van der Waals surface area (Å²) in [6.07, 6.45) is 3.26. The number of amides is 1. The van der Waals surface area contributed by atoms with Crippen LogP contribution in [-0.4, -0.2) is 39.9 Å². The third-order valence-electron chi connectivity index (χ3n) is 5.02. The summed E-state index contributed by atoms with van der Waals surface area (Å²) in [5.41, 5.74) is 1.98. The van der Waals surface area contributed by atoms with Crippen molar-refractivity contribution in [1.82, 2.24) is 14.8 Å². The molecule has 31 heavy (non-hydrogen) atoms. The highest BCUT2D eigenvalue weighted by molar-refractivity contribution is 5.93. The van der Waals surface area contributed by atoms with E-state index in [1.54, 1.807) is 31.2 Å². The van der Waals surface area contributed by atoms with Crippen molar-refractivity contribution in [2.75, 3.05) is 18.5 Å². The Kier molecular flexibility index (Phi) is 6.26. The fourth-order valence-electron chi connectivity index (χ4n) is 3.47. The summed E-state index contributed by atoms with van der Waals surface area (Å²) < 4.78 is 12.7. The average molecular weight is 420 g/mol. The highest BCUT2D eigenvalue weighted by Crippen LogP contribution is 2.24. The Balaban J connectivity index is 1.31. The van der Waals surface area contributed by atoms with Crippen LogP contribution < -0.4 is 10.1 Å². The molecular formula is C23H24N4O4. The summed E-state index contributed by atoms with van der Waals surface area (Å²) in [5, 5.41) is 11.3. The number of nitrogens with one attached hydrogen (secondary N) is 1. The first-order valence-corrected chi connectivity index (χ1v) is 10.4. The van der Waals surface area contributed by atoms with E-state index >= 15 is 0 Å². The molecule has 1 aromatic heterocycles. The van der Waals surface area contributed by atoms with Gasteiger partial charge in [-0.25, -0.2) is 4.79 Å². The van der Waals surface area contributed by atoms with Crippen LogP contribution in [0.4, 0.5) is 5.69 Å². The van der Waals surface area contributed by atoms with Crippen LogP contribution in [-0.2, 0) is 22.5 Å². The molecule has 0 saturated heterocycles. The van der Waals surface area contributed by atoms with Crippen molar-refractivity contribution < 1.29 is 19.1 Å². The van der Waals surface area contributed by atoms with Gasteiger partial charge in [-0.3, -0.25) is 4.79 Å². The Labute approximate surface area is 180 Å². The van der Waals surface area contributed by atoms with Gasteiger partial charge in [-0.1, -0.05) is 0 Å². The maximum atomic E-state index is 12.2. The van der Waals surface area contributed by atoms with Crippen LogP contribution in [0.1, 0.15) is 35.9 Å². The standard InChI is InChI=1S/C23H24N4O4/c1-2-30-23(29)17-6-10-18(11-7-17)24-21(28)15-31-19-12-8-16(9-13-19)22-26-25-20-5-3-4-14-27(20)22/h6-13H,2-5,14-15H2,1H3,(H,24,28). The first-order chi connectivity index (χ1) is 15.1. The van der Waals surface area contributed by atoms with Gasteiger partial charge in [0.05, 0.1) is 12.2 Å². The quantitative estimate of drug-likeness (QED) is 0.588. The highest BCUT2D eigenvalue weighted by atomic mass is 16.5. The van der Waals surface area contributed by atoms with Crippen molar-refractivity contribution in [2.45, 2.75) is 32.7 Å². The van der Waals surface area contributed by atoms with E-state index < -0.39 is 5.97 Å². The fraction of sp³-hybridized carbons (Fsp3) is 0.304. The molecule has 1 N–H and O–H groups in total. The van der Waals surface area contributed by atoms with Crippen LogP contribution in [0, 0.1) is 0 Å². The summed E-state index contributed by atoms with van der Waals surface area (Å²) in [6.45, 7) is 2.88. The predicted octanol–water partition coefficient (Wildman–Crippen LogP) is 3.48. The summed E-state index contributed by atoms with van der Waals surface area (Å²) in [7, 11) is 0. The lowest BCUT2D eigenvalue weighted by Gasteiger charge is -2.14. The molecule has 1 amide bonds. The largest absolute Gasteiger partial charge is 0.484 e. The van der Waals surface area contributed by atoms with E-state index in [1.165, 1.54) is 0 Å². The Morgan fingerprint density at radius 3 is 2.55 bits per heavy atom. The highest BCUT2D eigenvalue weighted by Gasteiger charge is 2.17. The van der Waals surface area contributed by atoms with Crippen molar-refractivity contribution in [3.05, 3.63) is 59.9 Å². The first-order valence-electron chi connectivity index (χ1n) is 10.4. The molecule has 1 aliphatic rings. The van der Waals surface area contributed by atoms with Crippen molar-refractivity contribution >= 4 is 17.6 Å². The van der Waals surface area contributed by atoms with Gasteiger partial charge in [0.15, 0.2) is 12.4 Å². The van der Waals surface area contributed by atoms with Gasteiger partial charge >= 0.3 is 5.97 Å². The van der Waals surface area contributed by atoms with Crippen molar-refractivity contribution in [1.29, 1.82) is 0 Å². The lowest BCUT2D eigenvalue weighted by Crippen LogP contribution is -2.20. The van der Waals surface area contributed by atoms with Crippen molar-refractivity contribution in [3.63, 3.8) is 0 Å². The molecule has 0 unspecified atom stereocenters. The van der Waals surface area contributed by atoms with Gasteiger partial charge in [-0.2, -0.15) is 0 Å². The number of benzene rings is 2. The molecule has 8 heteroatoms. The van der Waals surface area contributed by atoms with E-state index in [0.29, 0.717) is 23.6 Å². The Hall–Kier alpha value is -3.68. The van der Waals surface area contributed by atoms with E-state index in [1.807, 2.05) is 24.3 Å². The van der Waals surface area contributed by atoms with Gasteiger partial charge in [-0.15, -0.1) is 10.2 Å². The van der Waals surface area contributed by atoms with Gasteiger partial charge in [0.1, 0.15) is 11.6 Å². The second kappa shape index (κ2) is 9.42. The number of carbonyl (C=O) groups excluding carboxylic acids is 2. The maximum absolute atomic E-state index is 12.2. The topological polar surface area (TPSA) is 95.3 Å². The average Bonchev–Trinajstić information content (AvgIpc) is 3.23. The number of carbonyl (C=O) groups is 2. The second-order valence-corrected chi connectivity index (χ2v) is 7.21. The molecule has 0 aliphatic carbocycles. The van der Waals surface area contributed by atoms with Crippen LogP contribution in [0.2, 0.25) is 0 Å².